The number of hydrogen-bond donors (Lipinski definition) is 1. The van der Waals surface area contributed by atoms with E-state index in [0.29, 0.717) is 18.5 Å². The van der Waals surface area contributed by atoms with Crippen LogP contribution in [-0.2, 0) is 23.2 Å². The lowest BCUT2D eigenvalue weighted by Crippen LogP contribution is -2.52. The van der Waals surface area contributed by atoms with Crippen molar-refractivity contribution in [2.75, 3.05) is 0 Å². The molecule has 0 bridgehead atoms. The van der Waals surface area contributed by atoms with Gasteiger partial charge in [-0.25, -0.2) is 4.52 Å². The zero-order valence-corrected chi connectivity index (χ0v) is 17.9. The zero-order valence-electron chi connectivity index (χ0n) is 17.9. The minimum atomic E-state index is -0.626. The summed E-state index contributed by atoms with van der Waals surface area (Å²) in [6, 6.07) is 11.0. The lowest BCUT2D eigenvalue weighted by atomic mass is 9.98. The fourth-order valence-electron chi connectivity index (χ4n) is 4.83. The number of imide groups is 1. The van der Waals surface area contributed by atoms with Gasteiger partial charge in [0.2, 0.25) is 11.8 Å². The number of pyridine rings is 1. The van der Waals surface area contributed by atoms with E-state index in [9.17, 15) is 14.4 Å². The largest absolute Gasteiger partial charge is 0.322 e. The third kappa shape index (κ3) is 2.96. The number of piperidine rings is 1. The highest BCUT2D eigenvalue weighted by Gasteiger charge is 2.39. The number of rotatable bonds is 3. The summed E-state index contributed by atoms with van der Waals surface area (Å²) < 4.78 is 3.65. The van der Waals surface area contributed by atoms with E-state index in [0.717, 1.165) is 33.5 Å². The maximum atomic E-state index is 13.0. The highest BCUT2D eigenvalue weighted by Crippen LogP contribution is 2.36. The van der Waals surface area contributed by atoms with E-state index in [2.05, 4.69) is 15.5 Å². The molecular formula is C24H20N6O3. The molecule has 1 saturated heterocycles. The summed E-state index contributed by atoms with van der Waals surface area (Å²) >= 11 is 0. The molecule has 1 N–H and O–H groups in total. The van der Waals surface area contributed by atoms with Crippen molar-refractivity contribution in [1.29, 1.82) is 0 Å². The van der Waals surface area contributed by atoms with Gasteiger partial charge >= 0.3 is 0 Å². The molecule has 1 aromatic carbocycles. The molecular weight excluding hydrogens is 420 g/mol. The van der Waals surface area contributed by atoms with Crippen LogP contribution in [0.4, 0.5) is 0 Å². The van der Waals surface area contributed by atoms with Gasteiger partial charge in [0.05, 0.1) is 23.6 Å². The molecule has 0 aliphatic carbocycles. The first-order valence-corrected chi connectivity index (χ1v) is 10.7. The molecule has 3 aromatic heterocycles. The topological polar surface area (TPSA) is 102 Å². The third-order valence-corrected chi connectivity index (χ3v) is 6.45. The molecule has 0 spiro atoms. The Morgan fingerprint density at radius 3 is 2.70 bits per heavy atom. The number of amides is 3. The van der Waals surface area contributed by atoms with Crippen LogP contribution in [0.5, 0.6) is 0 Å². The van der Waals surface area contributed by atoms with E-state index in [1.54, 1.807) is 4.90 Å². The van der Waals surface area contributed by atoms with Crippen molar-refractivity contribution in [3.63, 3.8) is 0 Å². The normalized spacial score (nSPS) is 18.2. The number of carbonyl (C=O) groups excluding carboxylic acids is 3. The molecule has 5 heterocycles. The van der Waals surface area contributed by atoms with Gasteiger partial charge in [-0.2, -0.15) is 10.2 Å². The van der Waals surface area contributed by atoms with E-state index in [1.165, 1.54) is 0 Å². The van der Waals surface area contributed by atoms with Crippen molar-refractivity contribution in [3.8, 4) is 22.4 Å². The molecule has 0 saturated carbocycles. The van der Waals surface area contributed by atoms with Gasteiger partial charge in [0, 0.05) is 42.9 Å². The fraction of sp³-hybridized carbons (Fsp3) is 0.208. The first kappa shape index (κ1) is 19.4. The summed E-state index contributed by atoms with van der Waals surface area (Å²) in [7, 11) is 1.90. The maximum absolute atomic E-state index is 13.0. The molecule has 2 aliphatic rings. The molecule has 9 heteroatoms. The van der Waals surface area contributed by atoms with E-state index >= 15 is 0 Å². The van der Waals surface area contributed by atoms with Crippen molar-refractivity contribution in [1.82, 2.24) is 29.6 Å². The van der Waals surface area contributed by atoms with Crippen molar-refractivity contribution >= 4 is 23.2 Å². The second-order valence-corrected chi connectivity index (χ2v) is 8.39. The van der Waals surface area contributed by atoms with Crippen LogP contribution in [0.25, 0.3) is 27.9 Å². The van der Waals surface area contributed by atoms with Crippen molar-refractivity contribution in [2.45, 2.75) is 25.4 Å². The molecule has 3 amide bonds. The number of hydrogen-bond acceptors (Lipinski definition) is 5. The molecule has 1 atom stereocenters. The highest BCUT2D eigenvalue weighted by atomic mass is 16.2. The predicted molar refractivity (Wildman–Crippen MR) is 119 cm³/mol. The molecule has 4 aromatic rings. The lowest BCUT2D eigenvalue weighted by Gasteiger charge is -2.29. The number of carbonyl (C=O) groups is 3. The molecule has 33 heavy (non-hydrogen) atoms. The van der Waals surface area contributed by atoms with Crippen LogP contribution in [0.1, 0.15) is 28.8 Å². The fourth-order valence-corrected chi connectivity index (χ4v) is 4.83. The van der Waals surface area contributed by atoms with E-state index < -0.39 is 11.9 Å². The Morgan fingerprint density at radius 2 is 1.85 bits per heavy atom. The molecule has 164 valence electrons. The van der Waals surface area contributed by atoms with Gasteiger partial charge in [0.15, 0.2) is 0 Å². The van der Waals surface area contributed by atoms with E-state index in [1.807, 2.05) is 71.2 Å². The summed E-state index contributed by atoms with van der Waals surface area (Å²) in [5.41, 5.74) is 6.19. The summed E-state index contributed by atoms with van der Waals surface area (Å²) in [6.45, 7) is 0.334. The molecule has 6 rings (SSSR count). The van der Waals surface area contributed by atoms with Crippen LogP contribution in [0.3, 0.4) is 0 Å². The van der Waals surface area contributed by atoms with Crippen LogP contribution in [-0.4, -0.2) is 48.1 Å². The Bertz CT molecular complexity index is 1470. The van der Waals surface area contributed by atoms with Crippen molar-refractivity contribution in [3.05, 3.63) is 66.1 Å². The first-order chi connectivity index (χ1) is 16.0. The lowest BCUT2D eigenvalue weighted by molar-refractivity contribution is -0.136. The minimum Gasteiger partial charge on any atom is -0.322 e. The Labute approximate surface area is 188 Å². The molecule has 1 unspecified atom stereocenters. The van der Waals surface area contributed by atoms with E-state index in [4.69, 9.17) is 0 Å². The zero-order chi connectivity index (χ0) is 22.7. The van der Waals surface area contributed by atoms with Gasteiger partial charge < -0.3 is 4.90 Å². The van der Waals surface area contributed by atoms with Crippen molar-refractivity contribution in [2.24, 2.45) is 7.05 Å². The molecule has 9 nitrogen and oxygen atoms in total. The Balaban J connectivity index is 1.38. The highest BCUT2D eigenvalue weighted by molar-refractivity contribution is 6.05. The second kappa shape index (κ2) is 7.13. The summed E-state index contributed by atoms with van der Waals surface area (Å²) in [5.74, 6) is -0.880. The predicted octanol–water partition coefficient (Wildman–Crippen LogP) is 2.16. The van der Waals surface area contributed by atoms with Crippen LogP contribution in [0, 0.1) is 0 Å². The summed E-state index contributed by atoms with van der Waals surface area (Å²) in [4.78, 5) is 38.4. The average Bonchev–Trinajstić information content (AvgIpc) is 3.49. The van der Waals surface area contributed by atoms with Gasteiger partial charge in [0.1, 0.15) is 6.04 Å². The Kier molecular flexibility index (Phi) is 4.19. The van der Waals surface area contributed by atoms with Gasteiger partial charge in [-0.3, -0.25) is 24.4 Å². The molecule has 0 radical (unpaired) electrons. The number of aromatic nitrogens is 4. The third-order valence-electron chi connectivity index (χ3n) is 6.45. The SMILES string of the molecule is Cn1ncc(-c2ccc3c(c2)CN(C2CCC(=O)NC2=O)C3=O)c1-c1cnn2ccccc12. The standard InChI is InChI=1S/C24H20N6O3/c1-28-22(18-12-26-30-9-3-2-4-19(18)30)17(11-25-28)14-5-6-16-15(10-14)13-29(24(16)33)20-7-8-21(31)27-23(20)32/h2-6,9-12,20H,7-8,13H2,1H3,(H,27,31,32). The van der Waals surface area contributed by atoms with Crippen LogP contribution < -0.4 is 5.32 Å². The van der Waals surface area contributed by atoms with E-state index in [-0.39, 0.29) is 18.2 Å². The molecule has 2 aliphatic heterocycles. The number of nitrogens with one attached hydrogen (secondary N) is 1. The quantitative estimate of drug-likeness (QED) is 0.492. The summed E-state index contributed by atoms with van der Waals surface area (Å²) in [6.07, 6.45) is 6.13. The van der Waals surface area contributed by atoms with Crippen LogP contribution in [0.15, 0.2) is 55.0 Å². The average molecular weight is 440 g/mol. The summed E-state index contributed by atoms with van der Waals surface area (Å²) in [5, 5.41) is 11.3. The van der Waals surface area contributed by atoms with Crippen LogP contribution >= 0.6 is 0 Å². The van der Waals surface area contributed by atoms with Gasteiger partial charge in [-0.15, -0.1) is 0 Å². The monoisotopic (exact) mass is 440 g/mol. The Hall–Kier alpha value is -4.27. The second-order valence-electron chi connectivity index (χ2n) is 8.39. The van der Waals surface area contributed by atoms with Crippen molar-refractivity contribution < 1.29 is 14.4 Å². The molecule has 1 fully saturated rings. The number of benzene rings is 1. The number of nitrogens with zero attached hydrogens (tertiary/aromatic N) is 5. The first-order valence-electron chi connectivity index (χ1n) is 10.7. The number of aryl methyl sites for hydroxylation is 1. The number of fused-ring (bicyclic) bond motifs is 2. The smallest absolute Gasteiger partial charge is 0.255 e. The Morgan fingerprint density at radius 1 is 1.00 bits per heavy atom. The van der Waals surface area contributed by atoms with Gasteiger partial charge in [-0.1, -0.05) is 12.1 Å². The van der Waals surface area contributed by atoms with Gasteiger partial charge in [-0.05, 0) is 41.8 Å². The van der Waals surface area contributed by atoms with Gasteiger partial charge in [0.25, 0.3) is 5.91 Å². The maximum Gasteiger partial charge on any atom is 0.255 e. The minimum absolute atomic E-state index is 0.180. The van der Waals surface area contributed by atoms with Crippen LogP contribution in [0.2, 0.25) is 0 Å².